The molecule has 0 radical (unpaired) electrons. The van der Waals surface area contributed by atoms with Crippen molar-refractivity contribution in [1.82, 2.24) is 4.90 Å². The third kappa shape index (κ3) is 10.2. The van der Waals surface area contributed by atoms with Gasteiger partial charge in [0.05, 0.1) is 0 Å². The first-order chi connectivity index (χ1) is 11.8. The van der Waals surface area contributed by atoms with Crippen molar-refractivity contribution in [3.05, 3.63) is 48.0 Å². The van der Waals surface area contributed by atoms with Crippen LogP contribution in [0.2, 0.25) is 0 Å². The van der Waals surface area contributed by atoms with Crippen LogP contribution in [0.4, 0.5) is 0 Å². The second-order valence-electron chi connectivity index (χ2n) is 7.80. The third-order valence-electron chi connectivity index (χ3n) is 4.42. The molecule has 1 unspecified atom stereocenters. The Labute approximate surface area is 156 Å². The van der Waals surface area contributed by atoms with Gasteiger partial charge >= 0.3 is 0 Å². The number of allylic oxidation sites excluding steroid dienone is 1. The van der Waals surface area contributed by atoms with Crippen LogP contribution in [0.15, 0.2) is 36.9 Å². The summed E-state index contributed by atoms with van der Waals surface area (Å²) >= 11 is 0. The first kappa shape index (κ1) is 23.6. The minimum Gasteiger partial charge on any atom is -0.306 e. The van der Waals surface area contributed by atoms with Gasteiger partial charge in [-0.15, -0.1) is 6.58 Å². The Balaban J connectivity index is 0.000000708. The lowest BCUT2D eigenvalue weighted by Gasteiger charge is -2.23. The Kier molecular flexibility index (Phi) is 12.2. The fraction of sp³-hybridized carbons (Fsp3) is 0.609. The molecular weight excluding hydrogens is 306 g/mol. The summed E-state index contributed by atoms with van der Waals surface area (Å²) in [4.78, 5) is 11.3. The highest BCUT2D eigenvalue weighted by Crippen LogP contribution is 2.28. The highest BCUT2D eigenvalue weighted by Gasteiger charge is 2.21. The van der Waals surface area contributed by atoms with Crippen molar-refractivity contribution in [3.63, 3.8) is 0 Å². The monoisotopic (exact) mass is 345 g/mol. The smallest absolute Gasteiger partial charge is 0.116 e. The Morgan fingerprint density at radius 3 is 2.28 bits per heavy atom. The highest BCUT2D eigenvalue weighted by molar-refractivity contribution is 5.44. The van der Waals surface area contributed by atoms with E-state index in [1.54, 1.807) is 5.56 Å². The van der Waals surface area contributed by atoms with Gasteiger partial charge in [-0.2, -0.15) is 0 Å². The van der Waals surface area contributed by atoms with Gasteiger partial charge in [0.15, 0.2) is 0 Å². The van der Waals surface area contributed by atoms with Gasteiger partial charge in [-0.25, -0.2) is 0 Å². The molecule has 1 aromatic carbocycles. The Morgan fingerprint density at radius 1 is 1.28 bits per heavy atom. The molecule has 25 heavy (non-hydrogen) atoms. The number of hydrogen-bond acceptors (Lipinski definition) is 2. The van der Waals surface area contributed by atoms with E-state index in [0.717, 1.165) is 18.6 Å². The standard InChI is InChI=1S/C17H27N.C4H8.C2H4O/c1-17(2,3)16-8-6-5-7-15(16)10-9-14-11-12-18(4)13-14;1-3-4-2;1-2-3/h5-8,14H,9-13H2,1-4H3;3H,1,4H2,2H3;2H,1H3. The number of benzene rings is 1. The minimum absolute atomic E-state index is 0.267. The number of rotatable bonds is 4. The van der Waals surface area contributed by atoms with Crippen molar-refractivity contribution in [3.8, 4) is 0 Å². The van der Waals surface area contributed by atoms with E-state index in [2.05, 4.69) is 70.5 Å². The summed E-state index contributed by atoms with van der Waals surface area (Å²) in [5, 5.41) is 0. The van der Waals surface area contributed by atoms with E-state index in [1.807, 2.05) is 6.08 Å². The zero-order valence-corrected chi connectivity index (χ0v) is 17.3. The van der Waals surface area contributed by atoms with Crippen molar-refractivity contribution >= 4 is 6.29 Å². The fourth-order valence-electron chi connectivity index (χ4n) is 3.09. The van der Waals surface area contributed by atoms with Gasteiger partial charge in [-0.3, -0.25) is 0 Å². The van der Waals surface area contributed by atoms with E-state index in [4.69, 9.17) is 4.79 Å². The van der Waals surface area contributed by atoms with E-state index in [1.165, 1.54) is 44.8 Å². The van der Waals surface area contributed by atoms with Crippen LogP contribution < -0.4 is 0 Å². The van der Waals surface area contributed by atoms with E-state index in [0.29, 0.717) is 0 Å². The van der Waals surface area contributed by atoms with Crippen LogP contribution in [0.5, 0.6) is 0 Å². The fourth-order valence-corrected chi connectivity index (χ4v) is 3.09. The highest BCUT2D eigenvalue weighted by atomic mass is 16.1. The van der Waals surface area contributed by atoms with E-state index in [-0.39, 0.29) is 5.41 Å². The third-order valence-corrected chi connectivity index (χ3v) is 4.42. The number of likely N-dealkylation sites (tertiary alicyclic amines) is 1. The molecule has 1 saturated heterocycles. The molecule has 0 amide bonds. The summed E-state index contributed by atoms with van der Waals surface area (Å²) in [5.74, 6) is 0.906. The number of carbonyl (C=O) groups excluding carboxylic acids is 1. The number of aldehydes is 1. The summed E-state index contributed by atoms with van der Waals surface area (Å²) < 4.78 is 0. The number of hydrogen-bond donors (Lipinski definition) is 0. The molecule has 2 heteroatoms. The zero-order chi connectivity index (χ0) is 19.3. The molecule has 2 rings (SSSR count). The van der Waals surface area contributed by atoms with E-state index < -0.39 is 0 Å². The van der Waals surface area contributed by atoms with Gasteiger partial charge in [0.2, 0.25) is 0 Å². The van der Waals surface area contributed by atoms with Crippen LogP contribution in [-0.4, -0.2) is 31.3 Å². The van der Waals surface area contributed by atoms with Crippen LogP contribution in [0.25, 0.3) is 0 Å². The largest absolute Gasteiger partial charge is 0.306 e. The summed E-state index contributed by atoms with van der Waals surface area (Å²) in [6.45, 7) is 16.5. The number of aryl methyl sites for hydroxylation is 1. The van der Waals surface area contributed by atoms with Crippen LogP contribution in [0.3, 0.4) is 0 Å². The average molecular weight is 346 g/mol. The van der Waals surface area contributed by atoms with Gasteiger partial charge in [0.1, 0.15) is 6.29 Å². The number of carbonyl (C=O) groups is 1. The molecule has 1 heterocycles. The molecule has 0 bridgehead atoms. The molecule has 1 fully saturated rings. The SMILES string of the molecule is C=CCC.CC=O.CN1CCC(CCc2ccccc2C(C)(C)C)C1. The van der Waals surface area contributed by atoms with Gasteiger partial charge < -0.3 is 9.69 Å². The average Bonchev–Trinajstić information content (AvgIpc) is 2.99. The van der Waals surface area contributed by atoms with Crippen LogP contribution >= 0.6 is 0 Å². The molecule has 2 nitrogen and oxygen atoms in total. The normalized spacial score (nSPS) is 17.0. The Morgan fingerprint density at radius 2 is 1.84 bits per heavy atom. The van der Waals surface area contributed by atoms with Crippen molar-refractivity contribution < 1.29 is 4.79 Å². The molecule has 1 aliphatic heterocycles. The molecule has 0 N–H and O–H groups in total. The van der Waals surface area contributed by atoms with Gasteiger partial charge in [-0.05, 0) is 68.7 Å². The summed E-state index contributed by atoms with van der Waals surface area (Å²) in [7, 11) is 2.24. The van der Waals surface area contributed by atoms with Gasteiger partial charge in [-0.1, -0.05) is 58.0 Å². The molecular formula is C23H39NO. The quantitative estimate of drug-likeness (QED) is 0.518. The van der Waals surface area contributed by atoms with Crippen molar-refractivity contribution in [2.24, 2.45) is 5.92 Å². The molecule has 1 aromatic rings. The summed E-state index contributed by atoms with van der Waals surface area (Å²) in [6, 6.07) is 8.98. The Bertz CT molecular complexity index is 487. The van der Waals surface area contributed by atoms with Crippen LogP contribution in [0, 0.1) is 5.92 Å². The second-order valence-corrected chi connectivity index (χ2v) is 7.80. The molecule has 0 saturated carbocycles. The van der Waals surface area contributed by atoms with Gasteiger partial charge in [0.25, 0.3) is 0 Å². The first-order valence-electron chi connectivity index (χ1n) is 9.57. The topological polar surface area (TPSA) is 20.3 Å². The molecule has 1 aliphatic rings. The minimum atomic E-state index is 0.267. The zero-order valence-electron chi connectivity index (χ0n) is 17.3. The first-order valence-corrected chi connectivity index (χ1v) is 9.57. The lowest BCUT2D eigenvalue weighted by Crippen LogP contribution is -2.16. The maximum atomic E-state index is 8.81. The molecule has 1 atom stereocenters. The van der Waals surface area contributed by atoms with Crippen molar-refractivity contribution in [2.45, 2.75) is 65.7 Å². The summed E-state index contributed by atoms with van der Waals surface area (Å²) in [6.07, 6.45) is 7.68. The van der Waals surface area contributed by atoms with Crippen molar-refractivity contribution in [2.75, 3.05) is 20.1 Å². The van der Waals surface area contributed by atoms with Gasteiger partial charge in [0, 0.05) is 6.54 Å². The maximum Gasteiger partial charge on any atom is 0.116 e. The molecule has 0 spiro atoms. The van der Waals surface area contributed by atoms with E-state index in [9.17, 15) is 0 Å². The lowest BCUT2D eigenvalue weighted by molar-refractivity contribution is -0.106. The predicted octanol–water partition coefficient (Wildman–Crippen LogP) is 5.66. The Hall–Kier alpha value is -1.41. The maximum absolute atomic E-state index is 8.81. The molecule has 142 valence electrons. The van der Waals surface area contributed by atoms with Crippen LogP contribution in [0.1, 0.15) is 65.0 Å². The lowest BCUT2D eigenvalue weighted by atomic mass is 9.82. The molecule has 0 aromatic heterocycles. The number of nitrogens with zero attached hydrogens (tertiary/aromatic N) is 1. The van der Waals surface area contributed by atoms with Crippen LogP contribution in [-0.2, 0) is 16.6 Å². The summed E-state index contributed by atoms with van der Waals surface area (Å²) in [5.41, 5.74) is 3.35. The predicted molar refractivity (Wildman–Crippen MR) is 111 cm³/mol. The second kappa shape index (κ2) is 12.9. The van der Waals surface area contributed by atoms with Crippen molar-refractivity contribution in [1.29, 1.82) is 0 Å². The molecule has 0 aliphatic carbocycles. The van der Waals surface area contributed by atoms with E-state index >= 15 is 0 Å².